The average molecular weight is 512 g/mol. The van der Waals surface area contributed by atoms with E-state index in [1.807, 2.05) is 26.0 Å². The Labute approximate surface area is 211 Å². The van der Waals surface area contributed by atoms with Crippen molar-refractivity contribution in [2.75, 3.05) is 5.32 Å². The van der Waals surface area contributed by atoms with Crippen LogP contribution in [0.25, 0.3) is 28.6 Å². The Hall–Kier alpha value is -3.39. The van der Waals surface area contributed by atoms with E-state index in [-0.39, 0.29) is 10.9 Å². The number of aromatic nitrogens is 1. The Morgan fingerprint density at radius 3 is 2.65 bits per heavy atom. The zero-order valence-corrected chi connectivity index (χ0v) is 20.5. The van der Waals surface area contributed by atoms with Crippen LogP contribution in [-0.2, 0) is 4.79 Å². The number of carbonyl (C=O) groups excluding carboxylic acids is 1. The summed E-state index contributed by atoms with van der Waals surface area (Å²) in [6, 6.07) is 13.7. The molecule has 34 heavy (non-hydrogen) atoms. The fraction of sp³-hybridized carbons (Fsp3) is 0.0800. The van der Waals surface area contributed by atoms with Gasteiger partial charge in [0.1, 0.15) is 11.3 Å². The predicted molar refractivity (Wildman–Crippen MR) is 140 cm³/mol. The van der Waals surface area contributed by atoms with Gasteiger partial charge >= 0.3 is 0 Å². The van der Waals surface area contributed by atoms with E-state index in [2.05, 4.69) is 15.6 Å². The van der Waals surface area contributed by atoms with Gasteiger partial charge < -0.3 is 14.8 Å². The van der Waals surface area contributed by atoms with Gasteiger partial charge in [0.05, 0.1) is 5.56 Å². The van der Waals surface area contributed by atoms with Crippen LogP contribution in [0.5, 0.6) is 5.75 Å². The second-order valence-corrected chi connectivity index (χ2v) is 8.88. The summed E-state index contributed by atoms with van der Waals surface area (Å²) in [6.07, 6.45) is 2.86. The van der Waals surface area contributed by atoms with E-state index in [9.17, 15) is 9.90 Å². The van der Waals surface area contributed by atoms with Crippen LogP contribution in [0.4, 0.5) is 5.69 Å². The van der Waals surface area contributed by atoms with Crippen LogP contribution in [0.3, 0.4) is 0 Å². The topological polar surface area (TPSA) is 87.4 Å². The van der Waals surface area contributed by atoms with Gasteiger partial charge in [0.15, 0.2) is 10.7 Å². The average Bonchev–Trinajstić information content (AvgIpc) is 3.17. The summed E-state index contributed by atoms with van der Waals surface area (Å²) in [6.45, 7) is 3.94. The smallest absolute Gasteiger partial charge is 0.250 e. The van der Waals surface area contributed by atoms with Gasteiger partial charge in [-0.15, -0.1) is 0 Å². The van der Waals surface area contributed by atoms with Crippen LogP contribution in [0, 0.1) is 13.8 Å². The number of aryl methyl sites for hydroxylation is 2. The fourth-order valence-electron chi connectivity index (χ4n) is 3.40. The number of nitrogens with one attached hydrogen (secondary N) is 2. The first-order chi connectivity index (χ1) is 16.2. The zero-order valence-electron chi connectivity index (χ0n) is 18.1. The van der Waals surface area contributed by atoms with Crippen LogP contribution < -0.4 is 10.6 Å². The highest BCUT2D eigenvalue weighted by Gasteiger charge is 2.15. The lowest BCUT2D eigenvalue weighted by molar-refractivity contribution is -0.115. The number of aromatic hydroxyl groups is 1. The number of amides is 1. The van der Waals surface area contributed by atoms with Gasteiger partial charge in [-0.25, -0.2) is 4.98 Å². The number of phenolic OH excluding ortho intramolecular Hbond substituents is 1. The fourth-order valence-corrected chi connectivity index (χ4v) is 4.09. The van der Waals surface area contributed by atoms with E-state index in [4.69, 9.17) is 39.8 Å². The number of hydrogen-bond acceptors (Lipinski definition) is 5. The van der Waals surface area contributed by atoms with Crippen molar-refractivity contribution in [1.82, 2.24) is 10.3 Å². The Balaban J connectivity index is 1.43. The molecule has 0 fully saturated rings. The lowest BCUT2D eigenvalue weighted by Crippen LogP contribution is -2.32. The number of phenols is 1. The molecule has 0 unspecified atom stereocenters. The van der Waals surface area contributed by atoms with Gasteiger partial charge in [0, 0.05) is 27.9 Å². The van der Waals surface area contributed by atoms with Gasteiger partial charge in [-0.1, -0.05) is 35.3 Å². The molecule has 1 heterocycles. The normalized spacial score (nSPS) is 11.2. The quantitative estimate of drug-likeness (QED) is 0.210. The van der Waals surface area contributed by atoms with Gasteiger partial charge in [0.25, 0.3) is 0 Å². The maximum Gasteiger partial charge on any atom is 0.250 e. The summed E-state index contributed by atoms with van der Waals surface area (Å²) in [4.78, 5) is 16.7. The van der Waals surface area contributed by atoms with E-state index in [0.717, 1.165) is 16.6 Å². The van der Waals surface area contributed by atoms with E-state index in [1.54, 1.807) is 36.4 Å². The second-order valence-electron chi connectivity index (χ2n) is 7.62. The van der Waals surface area contributed by atoms with Gasteiger partial charge in [0.2, 0.25) is 11.8 Å². The minimum Gasteiger partial charge on any atom is -0.507 e. The highest BCUT2D eigenvalue weighted by molar-refractivity contribution is 7.80. The lowest BCUT2D eigenvalue weighted by Gasteiger charge is -2.09. The standard InChI is InChI=1S/C25H19Cl2N3O3S/c1-13-9-14(2)23-20(10-13)29-24(33-23)18-7-6-17(12-21(18)31)28-25(34)30-22(32)8-4-15-3-5-16(26)11-19(15)27/h3-12,31H,1-2H3,(H2,28,30,32,34)/b8-4+. The molecule has 3 N–H and O–H groups in total. The third-order valence-electron chi connectivity index (χ3n) is 4.92. The lowest BCUT2D eigenvalue weighted by atomic mass is 10.1. The molecule has 0 aliphatic heterocycles. The Bertz CT molecular complexity index is 1460. The summed E-state index contributed by atoms with van der Waals surface area (Å²) in [5.41, 5.74) is 5.03. The van der Waals surface area contributed by atoms with Crippen molar-refractivity contribution in [1.29, 1.82) is 0 Å². The molecule has 0 spiro atoms. The van der Waals surface area contributed by atoms with E-state index in [0.29, 0.717) is 38.3 Å². The molecule has 4 aromatic rings. The highest BCUT2D eigenvalue weighted by Crippen LogP contribution is 2.34. The van der Waals surface area contributed by atoms with Crippen molar-refractivity contribution < 1.29 is 14.3 Å². The number of anilines is 1. The van der Waals surface area contributed by atoms with Crippen molar-refractivity contribution in [3.05, 3.63) is 81.3 Å². The summed E-state index contributed by atoms with van der Waals surface area (Å²) in [7, 11) is 0. The van der Waals surface area contributed by atoms with Crippen molar-refractivity contribution in [2.24, 2.45) is 0 Å². The Morgan fingerprint density at radius 1 is 1.12 bits per heavy atom. The molecule has 6 nitrogen and oxygen atoms in total. The summed E-state index contributed by atoms with van der Waals surface area (Å²) >= 11 is 17.2. The number of halogens is 2. The summed E-state index contributed by atoms with van der Waals surface area (Å²) in [5, 5.41) is 16.9. The predicted octanol–water partition coefficient (Wildman–Crippen LogP) is 6.65. The van der Waals surface area contributed by atoms with Gasteiger partial charge in [-0.3, -0.25) is 10.1 Å². The molecule has 0 bridgehead atoms. The largest absolute Gasteiger partial charge is 0.507 e. The minimum absolute atomic E-state index is 0.0441. The molecule has 0 saturated heterocycles. The van der Waals surface area contributed by atoms with Crippen LogP contribution in [0.15, 0.2) is 59.0 Å². The Kier molecular flexibility index (Phi) is 6.88. The first-order valence-corrected chi connectivity index (χ1v) is 11.3. The van der Waals surface area contributed by atoms with Crippen LogP contribution in [0.2, 0.25) is 10.0 Å². The molecular weight excluding hydrogens is 493 g/mol. The zero-order chi connectivity index (χ0) is 24.4. The molecule has 172 valence electrons. The van der Waals surface area contributed by atoms with E-state index in [1.165, 1.54) is 12.1 Å². The number of thiocarbonyl (C=S) groups is 1. The highest BCUT2D eigenvalue weighted by atomic mass is 35.5. The molecule has 0 aliphatic rings. The summed E-state index contributed by atoms with van der Waals surface area (Å²) < 4.78 is 5.87. The molecule has 0 aliphatic carbocycles. The summed E-state index contributed by atoms with van der Waals surface area (Å²) in [5.74, 6) is -0.173. The monoisotopic (exact) mass is 511 g/mol. The number of carbonyl (C=O) groups is 1. The maximum absolute atomic E-state index is 12.2. The molecule has 0 saturated carbocycles. The molecule has 4 rings (SSSR count). The van der Waals surface area contributed by atoms with Crippen molar-refractivity contribution in [2.45, 2.75) is 13.8 Å². The second kappa shape index (κ2) is 9.85. The number of nitrogens with zero attached hydrogens (tertiary/aromatic N) is 1. The van der Waals surface area contributed by atoms with Crippen LogP contribution in [0.1, 0.15) is 16.7 Å². The number of fused-ring (bicyclic) bond motifs is 1. The molecule has 1 amide bonds. The third-order valence-corrected chi connectivity index (χ3v) is 5.69. The Morgan fingerprint density at radius 2 is 1.91 bits per heavy atom. The SMILES string of the molecule is Cc1cc(C)c2oc(-c3ccc(NC(=S)NC(=O)/C=C/c4ccc(Cl)cc4Cl)cc3O)nc2c1. The number of hydrogen-bond donors (Lipinski definition) is 3. The van der Waals surface area contributed by atoms with Crippen molar-refractivity contribution in [3.63, 3.8) is 0 Å². The molecule has 1 aromatic heterocycles. The van der Waals surface area contributed by atoms with Crippen molar-refractivity contribution in [3.8, 4) is 17.2 Å². The first-order valence-electron chi connectivity index (χ1n) is 10.2. The third kappa shape index (κ3) is 5.39. The van der Waals surface area contributed by atoms with Crippen LogP contribution >= 0.6 is 35.4 Å². The molecule has 9 heteroatoms. The molecule has 0 radical (unpaired) electrons. The van der Waals surface area contributed by atoms with Gasteiger partial charge in [-0.2, -0.15) is 0 Å². The first kappa shape index (κ1) is 23.8. The molecular formula is C25H19Cl2N3O3S. The van der Waals surface area contributed by atoms with Gasteiger partial charge in [-0.05, 0) is 79.2 Å². The minimum atomic E-state index is -0.443. The number of oxazole rings is 1. The van der Waals surface area contributed by atoms with E-state index >= 15 is 0 Å². The van der Waals surface area contributed by atoms with Crippen molar-refractivity contribution >= 4 is 69.3 Å². The van der Waals surface area contributed by atoms with E-state index < -0.39 is 5.91 Å². The number of benzene rings is 3. The molecule has 0 atom stereocenters. The van der Waals surface area contributed by atoms with Crippen LogP contribution in [-0.4, -0.2) is 21.1 Å². The number of rotatable bonds is 4. The maximum atomic E-state index is 12.2. The molecule has 3 aromatic carbocycles.